The molecule has 0 unspecified atom stereocenters. The Hall–Kier alpha value is -3.88. The first-order valence-electron chi connectivity index (χ1n) is 23.5. The molecule has 0 amide bonds. The van der Waals surface area contributed by atoms with Gasteiger partial charge in [0.05, 0.1) is 23.0 Å². The normalized spacial score (nSPS) is 12.8. The van der Waals surface area contributed by atoms with Crippen LogP contribution in [-0.4, -0.2) is 0 Å². The van der Waals surface area contributed by atoms with E-state index in [2.05, 4.69) is 200 Å². The zero-order valence-electron chi connectivity index (χ0n) is 43.2. The molecule has 9 rings (SSSR count). The number of hydrogen-bond donors (Lipinski definition) is 0. The van der Waals surface area contributed by atoms with Crippen molar-refractivity contribution in [2.75, 3.05) is 0 Å². The van der Waals surface area contributed by atoms with E-state index in [9.17, 15) is 0 Å². The summed E-state index contributed by atoms with van der Waals surface area (Å²) in [6.07, 6.45) is 6.50. The van der Waals surface area contributed by atoms with Crippen LogP contribution in [0.15, 0.2) is 118 Å². The molecule has 1 fully saturated rings. The summed E-state index contributed by atoms with van der Waals surface area (Å²) in [5.74, 6) is 3.76. The molecule has 0 atom stereocenters. The molecule has 67 heavy (non-hydrogen) atoms. The first kappa shape index (κ1) is 55.7. The number of hydrogen-bond acceptors (Lipinski definition) is 2. The van der Waals surface area contributed by atoms with E-state index in [4.69, 9.17) is 8.83 Å². The third-order valence-electron chi connectivity index (χ3n) is 13.0. The van der Waals surface area contributed by atoms with Gasteiger partial charge in [0.15, 0.2) is 0 Å². The number of furan rings is 2. The minimum absolute atomic E-state index is 0. The van der Waals surface area contributed by atoms with Crippen LogP contribution in [0.3, 0.4) is 0 Å². The van der Waals surface area contributed by atoms with Gasteiger partial charge in [-0.05, 0) is 118 Å². The van der Waals surface area contributed by atoms with Crippen LogP contribution in [0, 0.1) is 34.1 Å². The molecule has 0 radical (unpaired) electrons. The maximum Gasteiger partial charge on any atom is 2.00 e. The van der Waals surface area contributed by atoms with Gasteiger partial charge in [0.1, 0.15) is 0 Å². The van der Waals surface area contributed by atoms with Crippen molar-refractivity contribution >= 4 is 21.5 Å². The fourth-order valence-electron chi connectivity index (χ4n) is 8.49. The van der Waals surface area contributed by atoms with Crippen LogP contribution in [0.4, 0.5) is 0 Å². The number of fused-ring (bicyclic) bond motifs is 2. The molecule has 2 nitrogen and oxygen atoms in total. The maximum atomic E-state index is 5.90. The number of rotatable bonds is 4. The molecule has 1 aliphatic carbocycles. The van der Waals surface area contributed by atoms with Gasteiger partial charge in [-0.1, -0.05) is 154 Å². The molecule has 0 saturated heterocycles. The van der Waals surface area contributed by atoms with Gasteiger partial charge in [-0.3, -0.25) is 0 Å². The molecule has 1 aliphatic rings. The van der Waals surface area contributed by atoms with E-state index in [1.54, 1.807) is 0 Å². The van der Waals surface area contributed by atoms with Crippen LogP contribution in [0.5, 0.6) is 0 Å². The van der Waals surface area contributed by atoms with Crippen molar-refractivity contribution in [1.29, 1.82) is 0 Å². The molecule has 2 heterocycles. The van der Waals surface area contributed by atoms with Crippen molar-refractivity contribution < 1.29 is 59.9 Å². The standard InChI is InChI=1S/2C29H33O.C4H7.2ClH.Zr/c2*1-18-9-11-20-13-21(26-12-10-19(2)30-26)16-25(20)27(18)22-14-23(28(3,4)5)17-24(15-22)29(6,7)8;1-2-4-3-1;;;/h2*9-17H,1-8H3;1H,2-4H2;2*1H;/q3*-1;;;+2/p-2. The molecule has 5 heteroatoms. The van der Waals surface area contributed by atoms with E-state index in [1.165, 1.54) is 96.4 Å². The monoisotopic (exact) mass is 1010 g/mol. The Morgan fingerprint density at radius 3 is 0.955 bits per heavy atom. The van der Waals surface area contributed by atoms with Gasteiger partial charge in [0.2, 0.25) is 0 Å². The van der Waals surface area contributed by atoms with Crippen LogP contribution < -0.4 is 24.8 Å². The first-order chi connectivity index (χ1) is 29.9. The Kier molecular flexibility index (Phi) is 17.8. The molecule has 0 bridgehead atoms. The maximum absolute atomic E-state index is 5.90. The molecule has 1 saturated carbocycles. The second-order valence-corrected chi connectivity index (χ2v) is 22.6. The van der Waals surface area contributed by atoms with Gasteiger partial charge >= 0.3 is 26.2 Å². The minimum atomic E-state index is 0. The Bertz CT molecular complexity index is 2650. The zero-order chi connectivity index (χ0) is 46.5. The van der Waals surface area contributed by atoms with E-state index in [0.717, 1.165) is 34.2 Å². The summed E-state index contributed by atoms with van der Waals surface area (Å²) in [5, 5.41) is 5.12. The van der Waals surface area contributed by atoms with E-state index >= 15 is 0 Å². The Balaban J connectivity index is 0.000000259. The van der Waals surface area contributed by atoms with Gasteiger partial charge in [0.25, 0.3) is 0 Å². The Morgan fingerprint density at radius 2 is 0.716 bits per heavy atom. The Morgan fingerprint density at radius 1 is 0.418 bits per heavy atom. The van der Waals surface area contributed by atoms with Crippen molar-refractivity contribution in [3.05, 3.63) is 161 Å². The van der Waals surface area contributed by atoms with E-state index in [-0.39, 0.29) is 72.7 Å². The summed E-state index contributed by atoms with van der Waals surface area (Å²) < 4.78 is 11.8. The predicted octanol–water partition coefficient (Wildman–Crippen LogP) is 12.8. The number of halogens is 2. The van der Waals surface area contributed by atoms with Gasteiger partial charge in [0, 0.05) is 0 Å². The molecule has 0 aliphatic heterocycles. The molecule has 354 valence electrons. The largest absolute Gasteiger partial charge is 2.00 e. The summed E-state index contributed by atoms with van der Waals surface area (Å²) in [5.41, 5.74) is 16.1. The van der Waals surface area contributed by atoms with Crippen molar-refractivity contribution in [3.8, 4) is 44.9 Å². The summed E-state index contributed by atoms with van der Waals surface area (Å²) in [4.78, 5) is 0. The fraction of sp³-hybridized carbons (Fsp3) is 0.371. The second kappa shape index (κ2) is 21.4. The smallest absolute Gasteiger partial charge is 1.00 e. The minimum Gasteiger partial charge on any atom is -1.00 e. The second-order valence-electron chi connectivity index (χ2n) is 22.6. The van der Waals surface area contributed by atoms with Crippen LogP contribution in [0.2, 0.25) is 0 Å². The molecule has 2 aromatic heterocycles. The summed E-state index contributed by atoms with van der Waals surface area (Å²) in [6.45, 7) is 36.0. The van der Waals surface area contributed by atoms with E-state index < -0.39 is 0 Å². The number of aryl methyl sites for hydroxylation is 4. The summed E-state index contributed by atoms with van der Waals surface area (Å²) in [7, 11) is 0. The molecule has 8 aromatic rings. The van der Waals surface area contributed by atoms with Crippen LogP contribution in [-0.2, 0) is 47.9 Å². The van der Waals surface area contributed by atoms with Crippen molar-refractivity contribution in [1.82, 2.24) is 0 Å². The average molecular weight is 1010 g/mol. The predicted molar refractivity (Wildman–Crippen MR) is 277 cm³/mol. The van der Waals surface area contributed by atoms with Gasteiger partial charge in [-0.25, -0.2) is 0 Å². The summed E-state index contributed by atoms with van der Waals surface area (Å²) >= 11 is 0. The molecule has 6 aromatic carbocycles. The third kappa shape index (κ3) is 12.9. The van der Waals surface area contributed by atoms with Gasteiger partial charge in [-0.15, -0.1) is 64.4 Å². The molecular formula is C62H73Cl2O2Zr-3. The molecular weight excluding hydrogens is 939 g/mol. The number of benzene rings is 4. The fourth-order valence-corrected chi connectivity index (χ4v) is 8.49. The van der Waals surface area contributed by atoms with Gasteiger partial charge < -0.3 is 40.1 Å². The quantitative estimate of drug-likeness (QED) is 0.164. The topological polar surface area (TPSA) is 26.3 Å². The first-order valence-corrected chi connectivity index (χ1v) is 23.5. The van der Waals surface area contributed by atoms with E-state index in [0.29, 0.717) is 0 Å². The van der Waals surface area contributed by atoms with E-state index in [1.807, 2.05) is 26.0 Å². The molecule has 0 spiro atoms. The SMILES string of the molecule is Cc1ccc(-c2cc3c(-c4cc(C(C)(C)C)cc(C(C)(C)C)c4)c(C)ccc3[cH-]2)o1.Cc1ccc(-c2cc3c(-c4cc(C(C)(C)C)cc(C(C)(C)C)c4)c(C)ccc3[cH-]2)o1.[CH-]1CCC1.[Cl-].[Cl-].[Zr+2]. The van der Waals surface area contributed by atoms with Crippen molar-refractivity contribution in [3.63, 3.8) is 0 Å². The van der Waals surface area contributed by atoms with Crippen LogP contribution >= 0.6 is 0 Å². The van der Waals surface area contributed by atoms with Crippen molar-refractivity contribution in [2.45, 2.75) is 152 Å². The molecule has 0 N–H and O–H groups in total. The van der Waals surface area contributed by atoms with Crippen LogP contribution in [0.25, 0.3) is 66.4 Å². The average Bonchev–Trinajstić information content (AvgIpc) is 3.99. The third-order valence-corrected chi connectivity index (χ3v) is 13.0. The van der Waals surface area contributed by atoms with Gasteiger partial charge in [-0.2, -0.15) is 12.8 Å². The van der Waals surface area contributed by atoms with Crippen LogP contribution in [0.1, 0.15) is 147 Å². The zero-order valence-corrected chi connectivity index (χ0v) is 47.1. The summed E-state index contributed by atoms with van der Waals surface area (Å²) in [6, 6.07) is 40.5. The Labute approximate surface area is 435 Å². The van der Waals surface area contributed by atoms with Crippen molar-refractivity contribution in [2.24, 2.45) is 0 Å².